The Morgan fingerprint density at radius 1 is 0.550 bits per heavy atom. The van der Waals surface area contributed by atoms with Gasteiger partial charge < -0.3 is 0 Å². The standard InChI is InChI=1S/C19H11O/c20-12-13-6-5-11-18-16-8-2-1-7-14(16)15-9-3-4-10-17(15)19(13)18/h1-11H. The number of hydrogen-bond acceptors (Lipinski definition) is 1. The first kappa shape index (κ1) is 11.2. The Balaban J connectivity index is 2.46. The Bertz CT molecular complexity index is 922. The van der Waals surface area contributed by atoms with Crippen LogP contribution in [-0.4, -0.2) is 6.29 Å². The van der Waals surface area contributed by atoms with Crippen LogP contribution in [0.25, 0.3) is 32.3 Å². The van der Waals surface area contributed by atoms with Gasteiger partial charge in [0.05, 0.1) is 0 Å². The van der Waals surface area contributed by atoms with Crippen molar-refractivity contribution < 1.29 is 4.79 Å². The maximum absolute atomic E-state index is 11.3. The topological polar surface area (TPSA) is 17.1 Å². The summed E-state index contributed by atoms with van der Waals surface area (Å²) in [6.07, 6.45) is 2.08. The zero-order valence-corrected chi connectivity index (χ0v) is 10.8. The second-order valence-electron chi connectivity index (χ2n) is 4.92. The van der Waals surface area contributed by atoms with Crippen molar-refractivity contribution in [2.75, 3.05) is 0 Å². The normalized spacial score (nSPS) is 11.2. The van der Waals surface area contributed by atoms with E-state index in [2.05, 4.69) is 42.7 Å². The minimum atomic E-state index is 0.629. The highest BCUT2D eigenvalue weighted by molar-refractivity contribution is 6.27. The van der Waals surface area contributed by atoms with Crippen molar-refractivity contribution in [2.24, 2.45) is 0 Å². The first-order chi connectivity index (χ1) is 9.90. The molecule has 0 atom stereocenters. The van der Waals surface area contributed by atoms with Crippen molar-refractivity contribution >= 4 is 38.6 Å². The third kappa shape index (κ3) is 1.41. The summed E-state index contributed by atoms with van der Waals surface area (Å²) in [6.45, 7) is 0. The molecule has 0 amide bonds. The highest BCUT2D eigenvalue weighted by Gasteiger charge is 2.10. The molecule has 0 aliphatic carbocycles. The van der Waals surface area contributed by atoms with Crippen LogP contribution in [-0.2, 0) is 4.79 Å². The van der Waals surface area contributed by atoms with E-state index in [4.69, 9.17) is 0 Å². The fraction of sp³-hybridized carbons (Fsp3) is 0. The van der Waals surface area contributed by atoms with Crippen LogP contribution in [0.15, 0.2) is 66.7 Å². The van der Waals surface area contributed by atoms with E-state index in [1.165, 1.54) is 16.2 Å². The Hall–Kier alpha value is -2.67. The van der Waals surface area contributed by atoms with E-state index in [0.29, 0.717) is 5.56 Å². The summed E-state index contributed by atoms with van der Waals surface area (Å²) >= 11 is 0. The molecule has 1 radical (unpaired) electrons. The highest BCUT2D eigenvalue weighted by Crippen LogP contribution is 2.35. The van der Waals surface area contributed by atoms with Crippen LogP contribution in [0.1, 0.15) is 5.56 Å². The van der Waals surface area contributed by atoms with Gasteiger partial charge in [0.25, 0.3) is 0 Å². The first-order valence-electron chi connectivity index (χ1n) is 6.60. The van der Waals surface area contributed by atoms with Crippen LogP contribution in [0.5, 0.6) is 0 Å². The second-order valence-corrected chi connectivity index (χ2v) is 4.92. The van der Waals surface area contributed by atoms with Gasteiger partial charge in [-0.05, 0) is 26.9 Å². The molecule has 0 saturated heterocycles. The maximum atomic E-state index is 11.3. The quantitative estimate of drug-likeness (QED) is 0.454. The summed E-state index contributed by atoms with van der Waals surface area (Å²) < 4.78 is 0. The average Bonchev–Trinajstić information content (AvgIpc) is 2.54. The van der Waals surface area contributed by atoms with Gasteiger partial charge in [-0.2, -0.15) is 0 Å². The zero-order chi connectivity index (χ0) is 13.5. The smallest absolute Gasteiger partial charge is 0.234 e. The van der Waals surface area contributed by atoms with Crippen LogP contribution in [0.3, 0.4) is 0 Å². The monoisotopic (exact) mass is 255 g/mol. The van der Waals surface area contributed by atoms with Crippen LogP contribution in [0.4, 0.5) is 0 Å². The summed E-state index contributed by atoms with van der Waals surface area (Å²) in [6, 6.07) is 22.4. The summed E-state index contributed by atoms with van der Waals surface area (Å²) in [4.78, 5) is 11.3. The van der Waals surface area contributed by atoms with Crippen molar-refractivity contribution in [3.63, 3.8) is 0 Å². The molecule has 0 aliphatic rings. The summed E-state index contributed by atoms with van der Waals surface area (Å²) in [7, 11) is 0. The van der Waals surface area contributed by atoms with Crippen molar-refractivity contribution in [2.45, 2.75) is 0 Å². The Kier molecular flexibility index (Phi) is 2.33. The molecule has 0 saturated carbocycles. The zero-order valence-electron chi connectivity index (χ0n) is 10.8. The van der Waals surface area contributed by atoms with Gasteiger partial charge in [-0.15, -0.1) is 0 Å². The van der Waals surface area contributed by atoms with E-state index in [9.17, 15) is 4.79 Å². The van der Waals surface area contributed by atoms with Gasteiger partial charge >= 0.3 is 0 Å². The molecular weight excluding hydrogens is 244 g/mol. The summed E-state index contributed by atoms with van der Waals surface area (Å²) in [5.74, 6) is 0. The molecule has 93 valence electrons. The molecule has 4 aromatic rings. The molecule has 0 aliphatic heterocycles. The summed E-state index contributed by atoms with van der Waals surface area (Å²) in [5, 5.41) is 6.80. The minimum Gasteiger partial charge on any atom is -0.285 e. The van der Waals surface area contributed by atoms with Gasteiger partial charge in [0.15, 0.2) is 0 Å². The van der Waals surface area contributed by atoms with Crippen LogP contribution in [0.2, 0.25) is 0 Å². The van der Waals surface area contributed by atoms with E-state index in [1.807, 2.05) is 30.3 Å². The molecule has 0 fully saturated rings. The number of benzene rings is 4. The molecule has 1 nitrogen and oxygen atoms in total. The first-order valence-corrected chi connectivity index (χ1v) is 6.60. The lowest BCUT2D eigenvalue weighted by Gasteiger charge is -2.11. The molecular formula is C19H11O. The van der Waals surface area contributed by atoms with E-state index in [-0.39, 0.29) is 0 Å². The van der Waals surface area contributed by atoms with E-state index in [1.54, 1.807) is 0 Å². The molecule has 0 spiro atoms. The maximum Gasteiger partial charge on any atom is 0.234 e. The summed E-state index contributed by atoms with van der Waals surface area (Å²) in [5.41, 5.74) is 0.629. The van der Waals surface area contributed by atoms with Crippen LogP contribution < -0.4 is 0 Å². The average molecular weight is 255 g/mol. The third-order valence-corrected chi connectivity index (χ3v) is 3.88. The molecule has 0 bridgehead atoms. The minimum absolute atomic E-state index is 0.629. The predicted molar refractivity (Wildman–Crippen MR) is 83.8 cm³/mol. The van der Waals surface area contributed by atoms with Crippen molar-refractivity contribution in [1.29, 1.82) is 0 Å². The lowest BCUT2D eigenvalue weighted by molar-refractivity contribution is 0.563. The molecule has 0 heterocycles. The highest BCUT2D eigenvalue weighted by atomic mass is 16.1. The number of rotatable bonds is 1. The number of fused-ring (bicyclic) bond motifs is 6. The Morgan fingerprint density at radius 2 is 1.00 bits per heavy atom. The Morgan fingerprint density at radius 3 is 1.55 bits per heavy atom. The molecule has 20 heavy (non-hydrogen) atoms. The third-order valence-electron chi connectivity index (χ3n) is 3.88. The van der Waals surface area contributed by atoms with Gasteiger partial charge in [-0.1, -0.05) is 66.7 Å². The molecule has 0 aromatic heterocycles. The lowest BCUT2D eigenvalue weighted by Crippen LogP contribution is -1.88. The largest absolute Gasteiger partial charge is 0.285 e. The van der Waals surface area contributed by atoms with E-state index in [0.717, 1.165) is 16.2 Å². The molecule has 0 N–H and O–H groups in total. The van der Waals surface area contributed by atoms with Crippen LogP contribution >= 0.6 is 0 Å². The van der Waals surface area contributed by atoms with Crippen molar-refractivity contribution in [3.05, 3.63) is 72.3 Å². The second kappa shape index (κ2) is 4.17. The molecule has 0 unspecified atom stereocenters. The fourth-order valence-electron chi connectivity index (χ4n) is 3.04. The van der Waals surface area contributed by atoms with Crippen molar-refractivity contribution in [1.82, 2.24) is 0 Å². The molecule has 4 aromatic carbocycles. The molecule has 4 rings (SSSR count). The molecule has 1 heteroatoms. The lowest BCUT2D eigenvalue weighted by atomic mass is 9.92. The van der Waals surface area contributed by atoms with Gasteiger partial charge in [-0.25, -0.2) is 0 Å². The fourth-order valence-corrected chi connectivity index (χ4v) is 3.04. The van der Waals surface area contributed by atoms with Crippen LogP contribution in [0, 0.1) is 0 Å². The van der Waals surface area contributed by atoms with Gasteiger partial charge in [0.1, 0.15) is 0 Å². The van der Waals surface area contributed by atoms with Crippen molar-refractivity contribution in [3.8, 4) is 0 Å². The SMILES string of the molecule is O=[C]c1cccc2c3ccccc3c3ccccc3c12. The van der Waals surface area contributed by atoms with E-state index < -0.39 is 0 Å². The van der Waals surface area contributed by atoms with Gasteiger partial charge in [0, 0.05) is 10.9 Å². The van der Waals surface area contributed by atoms with E-state index >= 15 is 0 Å². The predicted octanol–water partition coefficient (Wildman–Crippen LogP) is 4.60. The van der Waals surface area contributed by atoms with Gasteiger partial charge in [-0.3, -0.25) is 4.79 Å². The Labute approximate surface area is 116 Å². The number of carbonyl (C=O) groups excluding carboxylic acids is 1. The number of hydrogen-bond donors (Lipinski definition) is 0. The van der Waals surface area contributed by atoms with Gasteiger partial charge in [0.2, 0.25) is 6.29 Å².